The molecule has 3 N–H and O–H groups in total. The van der Waals surface area contributed by atoms with Crippen LogP contribution in [0, 0.1) is 0 Å². The fraction of sp³-hybridized carbons (Fsp3) is 0.636. The standard InChI is InChI=1S/C11H18N4O2/c1-14-5-3-2-4-9(14)15-7-8(6-12)10(16)13-11(15)17/h7,9H,2-6,12H2,1H3,(H,13,16,17). The molecule has 1 fully saturated rings. The molecule has 0 saturated carbocycles. The molecule has 1 aliphatic rings. The third-order valence-electron chi connectivity index (χ3n) is 3.31. The van der Waals surface area contributed by atoms with Crippen LogP contribution in [0.5, 0.6) is 0 Å². The van der Waals surface area contributed by atoms with Crippen LogP contribution in [-0.2, 0) is 6.54 Å². The number of hydrogen-bond acceptors (Lipinski definition) is 4. The Balaban J connectivity index is 2.43. The molecule has 17 heavy (non-hydrogen) atoms. The number of hydrogen-bond donors (Lipinski definition) is 2. The van der Waals surface area contributed by atoms with E-state index in [2.05, 4.69) is 9.88 Å². The van der Waals surface area contributed by atoms with Crippen molar-refractivity contribution in [3.05, 3.63) is 32.6 Å². The van der Waals surface area contributed by atoms with Crippen LogP contribution in [-0.4, -0.2) is 28.0 Å². The summed E-state index contributed by atoms with van der Waals surface area (Å²) in [6, 6.07) is 0. The Bertz CT molecular complexity index is 505. The normalized spacial score (nSPS) is 21.6. The van der Waals surface area contributed by atoms with Gasteiger partial charge in [-0.05, 0) is 32.9 Å². The lowest BCUT2D eigenvalue weighted by atomic mass is 10.1. The number of nitrogens with two attached hydrogens (primary N) is 1. The van der Waals surface area contributed by atoms with Gasteiger partial charge in [0.15, 0.2) is 0 Å². The van der Waals surface area contributed by atoms with Crippen LogP contribution in [0.1, 0.15) is 31.0 Å². The minimum atomic E-state index is -0.382. The number of likely N-dealkylation sites (tertiary alicyclic amines) is 1. The summed E-state index contributed by atoms with van der Waals surface area (Å²) >= 11 is 0. The van der Waals surface area contributed by atoms with Gasteiger partial charge in [0.2, 0.25) is 0 Å². The molecule has 1 unspecified atom stereocenters. The maximum Gasteiger partial charge on any atom is 0.329 e. The van der Waals surface area contributed by atoms with Crippen molar-refractivity contribution >= 4 is 0 Å². The van der Waals surface area contributed by atoms with Gasteiger partial charge in [0.05, 0.1) is 6.17 Å². The molecule has 0 radical (unpaired) electrons. The molecule has 1 aromatic heterocycles. The van der Waals surface area contributed by atoms with Crippen molar-refractivity contribution in [3.63, 3.8) is 0 Å². The van der Waals surface area contributed by atoms with Gasteiger partial charge >= 0.3 is 5.69 Å². The van der Waals surface area contributed by atoms with E-state index in [1.54, 1.807) is 10.8 Å². The molecule has 94 valence electrons. The van der Waals surface area contributed by atoms with Gasteiger partial charge < -0.3 is 5.73 Å². The second kappa shape index (κ2) is 4.85. The molecule has 1 saturated heterocycles. The third-order valence-corrected chi connectivity index (χ3v) is 3.31. The highest BCUT2D eigenvalue weighted by Gasteiger charge is 2.21. The fourth-order valence-corrected chi connectivity index (χ4v) is 2.30. The van der Waals surface area contributed by atoms with Crippen molar-refractivity contribution in [1.82, 2.24) is 14.5 Å². The maximum atomic E-state index is 11.8. The van der Waals surface area contributed by atoms with E-state index in [1.165, 1.54) is 0 Å². The fourth-order valence-electron chi connectivity index (χ4n) is 2.30. The lowest BCUT2D eigenvalue weighted by Gasteiger charge is -2.33. The average Bonchev–Trinajstić information content (AvgIpc) is 2.31. The average molecular weight is 238 g/mol. The van der Waals surface area contributed by atoms with Gasteiger partial charge in [-0.15, -0.1) is 0 Å². The topological polar surface area (TPSA) is 84.1 Å². The molecule has 0 aromatic carbocycles. The smallest absolute Gasteiger partial charge is 0.326 e. The zero-order chi connectivity index (χ0) is 12.4. The van der Waals surface area contributed by atoms with Crippen LogP contribution in [0.25, 0.3) is 0 Å². The maximum absolute atomic E-state index is 11.8. The van der Waals surface area contributed by atoms with Crippen LogP contribution in [0.2, 0.25) is 0 Å². The second-order valence-electron chi connectivity index (χ2n) is 4.48. The molecule has 2 heterocycles. The van der Waals surface area contributed by atoms with Crippen molar-refractivity contribution in [3.8, 4) is 0 Å². The van der Waals surface area contributed by atoms with Crippen LogP contribution in [0.4, 0.5) is 0 Å². The van der Waals surface area contributed by atoms with Gasteiger partial charge in [0.1, 0.15) is 0 Å². The number of piperidine rings is 1. The van der Waals surface area contributed by atoms with Gasteiger partial charge in [0, 0.05) is 18.3 Å². The Morgan fingerprint density at radius 3 is 2.88 bits per heavy atom. The van der Waals surface area contributed by atoms with E-state index in [0.29, 0.717) is 5.56 Å². The summed E-state index contributed by atoms with van der Waals surface area (Å²) in [5.41, 5.74) is 5.19. The summed E-state index contributed by atoms with van der Waals surface area (Å²) in [6.45, 7) is 1.11. The first-order chi connectivity index (χ1) is 8.13. The number of aromatic amines is 1. The Labute approximate surface area is 99.1 Å². The highest BCUT2D eigenvalue weighted by Crippen LogP contribution is 2.22. The summed E-state index contributed by atoms with van der Waals surface area (Å²) in [6.07, 6.45) is 4.78. The van der Waals surface area contributed by atoms with E-state index in [4.69, 9.17) is 5.73 Å². The summed E-state index contributed by atoms with van der Waals surface area (Å²) in [4.78, 5) is 27.7. The van der Waals surface area contributed by atoms with E-state index in [-0.39, 0.29) is 24.0 Å². The van der Waals surface area contributed by atoms with Crippen molar-refractivity contribution in [1.29, 1.82) is 0 Å². The van der Waals surface area contributed by atoms with Gasteiger partial charge in [-0.25, -0.2) is 4.79 Å². The first-order valence-electron chi connectivity index (χ1n) is 5.88. The first-order valence-corrected chi connectivity index (χ1v) is 5.88. The number of nitrogens with zero attached hydrogens (tertiary/aromatic N) is 2. The van der Waals surface area contributed by atoms with Crippen molar-refractivity contribution in [2.45, 2.75) is 32.0 Å². The number of nitrogens with one attached hydrogen (secondary N) is 1. The van der Waals surface area contributed by atoms with Crippen LogP contribution < -0.4 is 17.0 Å². The van der Waals surface area contributed by atoms with E-state index < -0.39 is 0 Å². The Hall–Kier alpha value is -1.40. The second-order valence-corrected chi connectivity index (χ2v) is 4.48. The Morgan fingerprint density at radius 2 is 2.24 bits per heavy atom. The minimum Gasteiger partial charge on any atom is -0.326 e. The Morgan fingerprint density at radius 1 is 1.47 bits per heavy atom. The quantitative estimate of drug-likeness (QED) is 0.735. The minimum absolute atomic E-state index is 0.0263. The molecule has 1 aromatic rings. The highest BCUT2D eigenvalue weighted by molar-refractivity contribution is 5.04. The monoisotopic (exact) mass is 238 g/mol. The SMILES string of the molecule is CN1CCCCC1n1cc(CN)c(=O)[nH]c1=O. The van der Waals surface area contributed by atoms with Crippen molar-refractivity contribution in [2.75, 3.05) is 13.6 Å². The molecule has 0 spiro atoms. The van der Waals surface area contributed by atoms with Gasteiger partial charge in [-0.3, -0.25) is 19.2 Å². The van der Waals surface area contributed by atoms with Gasteiger partial charge in [-0.1, -0.05) is 0 Å². The molecule has 0 aliphatic carbocycles. The molecule has 1 aliphatic heterocycles. The molecule has 6 heteroatoms. The molecule has 1 atom stereocenters. The molecule has 0 amide bonds. The molecule has 2 rings (SSSR count). The zero-order valence-corrected chi connectivity index (χ0v) is 9.98. The summed E-state index contributed by atoms with van der Waals surface area (Å²) in [7, 11) is 1.99. The van der Waals surface area contributed by atoms with Crippen LogP contribution in [0.3, 0.4) is 0 Å². The lowest BCUT2D eigenvalue weighted by Crippen LogP contribution is -2.42. The predicted molar refractivity (Wildman–Crippen MR) is 64.7 cm³/mol. The van der Waals surface area contributed by atoms with Gasteiger partial charge in [-0.2, -0.15) is 0 Å². The van der Waals surface area contributed by atoms with E-state index in [1.807, 2.05) is 7.05 Å². The van der Waals surface area contributed by atoms with Gasteiger partial charge in [0.25, 0.3) is 5.56 Å². The van der Waals surface area contributed by atoms with Crippen LogP contribution in [0.15, 0.2) is 15.8 Å². The molecular weight excluding hydrogens is 220 g/mol. The van der Waals surface area contributed by atoms with E-state index in [9.17, 15) is 9.59 Å². The molecule has 6 nitrogen and oxygen atoms in total. The van der Waals surface area contributed by atoms with Crippen molar-refractivity contribution in [2.24, 2.45) is 5.73 Å². The third kappa shape index (κ3) is 2.32. The summed E-state index contributed by atoms with van der Waals surface area (Å²) in [5.74, 6) is 0. The lowest BCUT2D eigenvalue weighted by molar-refractivity contribution is 0.122. The van der Waals surface area contributed by atoms with E-state index >= 15 is 0 Å². The summed E-state index contributed by atoms with van der Waals surface area (Å²) < 4.78 is 1.59. The largest absolute Gasteiger partial charge is 0.329 e. The first kappa shape index (κ1) is 12.1. The Kier molecular flexibility index (Phi) is 3.44. The summed E-state index contributed by atoms with van der Waals surface area (Å²) in [5, 5.41) is 0. The highest BCUT2D eigenvalue weighted by atomic mass is 16.2. The van der Waals surface area contributed by atoms with Crippen LogP contribution >= 0.6 is 0 Å². The van der Waals surface area contributed by atoms with Crippen molar-refractivity contribution < 1.29 is 0 Å². The number of rotatable bonds is 2. The number of H-pyrrole nitrogens is 1. The molecular formula is C11H18N4O2. The molecule has 0 bridgehead atoms. The van der Waals surface area contributed by atoms with E-state index in [0.717, 1.165) is 25.8 Å². The predicted octanol–water partition coefficient (Wildman–Crippen LogP) is -0.390. The number of aromatic nitrogens is 2. The zero-order valence-electron chi connectivity index (χ0n) is 9.98.